The second kappa shape index (κ2) is 4.49. The highest BCUT2D eigenvalue weighted by atomic mass is 16.2. The minimum absolute atomic E-state index is 0.242. The van der Waals surface area contributed by atoms with Crippen molar-refractivity contribution in [2.45, 2.75) is 12.8 Å². The molecule has 0 saturated carbocycles. The van der Waals surface area contributed by atoms with Crippen LogP contribution >= 0.6 is 0 Å². The number of likely N-dealkylation sites (tertiary alicyclic amines) is 2. The molecule has 2 heterocycles. The highest BCUT2D eigenvalue weighted by molar-refractivity contribution is 5.79. The van der Waals surface area contributed by atoms with Crippen molar-refractivity contribution in [3.8, 4) is 0 Å². The number of hydrogen-bond acceptors (Lipinski definition) is 3. The van der Waals surface area contributed by atoms with Gasteiger partial charge in [0.1, 0.15) is 0 Å². The Morgan fingerprint density at radius 1 is 1.33 bits per heavy atom. The van der Waals surface area contributed by atoms with Crippen LogP contribution < -0.4 is 5.73 Å². The Morgan fingerprint density at radius 3 is 2.67 bits per heavy atom. The zero-order valence-electron chi connectivity index (χ0n) is 9.48. The van der Waals surface area contributed by atoms with E-state index in [-0.39, 0.29) is 5.92 Å². The smallest absolute Gasteiger partial charge is 0.227 e. The maximum Gasteiger partial charge on any atom is 0.227 e. The molecular weight excluding hydrogens is 190 g/mol. The standard InChI is InChI=1S/C11H21N3O/c1-13-4-3-10(8-13)11(15)14-5-2-9(6-12)7-14/h9-10H,2-8,12H2,1H3. The fraction of sp³-hybridized carbons (Fsp3) is 0.909. The van der Waals surface area contributed by atoms with Gasteiger partial charge in [-0.2, -0.15) is 0 Å². The summed E-state index contributed by atoms with van der Waals surface area (Å²) in [4.78, 5) is 16.4. The van der Waals surface area contributed by atoms with Crippen molar-refractivity contribution in [3.63, 3.8) is 0 Å². The molecule has 2 saturated heterocycles. The van der Waals surface area contributed by atoms with Crippen molar-refractivity contribution in [1.82, 2.24) is 9.80 Å². The fourth-order valence-electron chi connectivity index (χ4n) is 2.62. The van der Waals surface area contributed by atoms with Crippen molar-refractivity contribution in [2.75, 3.05) is 39.8 Å². The lowest BCUT2D eigenvalue weighted by atomic mass is 10.1. The van der Waals surface area contributed by atoms with Crippen molar-refractivity contribution < 1.29 is 4.79 Å². The van der Waals surface area contributed by atoms with Crippen molar-refractivity contribution in [1.29, 1.82) is 0 Å². The lowest BCUT2D eigenvalue weighted by Crippen LogP contribution is -2.36. The molecule has 15 heavy (non-hydrogen) atoms. The Hall–Kier alpha value is -0.610. The molecule has 0 radical (unpaired) electrons. The quantitative estimate of drug-likeness (QED) is 0.685. The Labute approximate surface area is 91.4 Å². The van der Waals surface area contributed by atoms with Gasteiger partial charge >= 0.3 is 0 Å². The number of amides is 1. The van der Waals surface area contributed by atoms with Crippen molar-refractivity contribution in [3.05, 3.63) is 0 Å². The fourth-order valence-corrected chi connectivity index (χ4v) is 2.62. The molecule has 0 aromatic rings. The third kappa shape index (κ3) is 2.32. The average Bonchev–Trinajstić information content (AvgIpc) is 2.84. The Morgan fingerprint density at radius 2 is 2.13 bits per heavy atom. The van der Waals surface area contributed by atoms with Crippen LogP contribution in [0.3, 0.4) is 0 Å². The van der Waals surface area contributed by atoms with Gasteiger partial charge in [-0.15, -0.1) is 0 Å². The van der Waals surface area contributed by atoms with Crippen molar-refractivity contribution >= 4 is 5.91 Å². The first-order valence-electron chi connectivity index (χ1n) is 5.88. The maximum absolute atomic E-state index is 12.1. The van der Waals surface area contributed by atoms with E-state index in [0.29, 0.717) is 18.4 Å². The topological polar surface area (TPSA) is 49.6 Å². The number of carbonyl (C=O) groups excluding carboxylic acids is 1. The van der Waals surface area contributed by atoms with Gasteiger partial charge in [-0.3, -0.25) is 4.79 Å². The van der Waals surface area contributed by atoms with Crippen LogP contribution in [0.1, 0.15) is 12.8 Å². The lowest BCUT2D eigenvalue weighted by molar-refractivity contribution is -0.134. The third-order valence-electron chi connectivity index (χ3n) is 3.67. The first kappa shape index (κ1) is 10.9. The minimum Gasteiger partial charge on any atom is -0.342 e. The summed E-state index contributed by atoms with van der Waals surface area (Å²) in [6.07, 6.45) is 2.12. The zero-order valence-corrected chi connectivity index (χ0v) is 9.48. The molecule has 86 valence electrons. The van der Waals surface area contributed by atoms with Gasteiger partial charge in [-0.05, 0) is 38.9 Å². The van der Waals surface area contributed by atoms with E-state index < -0.39 is 0 Å². The summed E-state index contributed by atoms with van der Waals surface area (Å²) in [6.45, 7) is 4.51. The van der Waals surface area contributed by atoms with E-state index in [1.807, 2.05) is 4.90 Å². The van der Waals surface area contributed by atoms with Gasteiger partial charge in [0.25, 0.3) is 0 Å². The summed E-state index contributed by atoms with van der Waals surface area (Å²) in [7, 11) is 2.08. The van der Waals surface area contributed by atoms with Gasteiger partial charge in [0.2, 0.25) is 5.91 Å². The van der Waals surface area contributed by atoms with Gasteiger partial charge in [0, 0.05) is 19.6 Å². The predicted molar refractivity (Wildman–Crippen MR) is 59.3 cm³/mol. The second-order valence-electron chi connectivity index (χ2n) is 4.92. The van der Waals surface area contributed by atoms with E-state index in [4.69, 9.17) is 5.73 Å². The number of nitrogens with two attached hydrogens (primary N) is 1. The van der Waals surface area contributed by atoms with Crippen LogP contribution in [0, 0.1) is 11.8 Å². The maximum atomic E-state index is 12.1. The van der Waals surface area contributed by atoms with Crippen LogP contribution in [0.5, 0.6) is 0 Å². The van der Waals surface area contributed by atoms with Gasteiger partial charge in [-0.25, -0.2) is 0 Å². The third-order valence-corrected chi connectivity index (χ3v) is 3.67. The van der Waals surface area contributed by atoms with E-state index in [0.717, 1.165) is 39.0 Å². The molecule has 2 N–H and O–H groups in total. The summed E-state index contributed by atoms with van der Waals surface area (Å²) in [5.74, 6) is 1.13. The van der Waals surface area contributed by atoms with Crippen LogP contribution in [-0.4, -0.2) is 55.5 Å². The molecule has 0 aliphatic carbocycles. The molecule has 2 rings (SSSR count). The van der Waals surface area contributed by atoms with E-state index in [1.165, 1.54) is 0 Å². The number of rotatable bonds is 2. The molecular formula is C11H21N3O. The molecule has 2 atom stereocenters. The molecule has 4 heteroatoms. The second-order valence-corrected chi connectivity index (χ2v) is 4.92. The molecule has 2 fully saturated rings. The van der Waals surface area contributed by atoms with Crippen LogP contribution in [0.4, 0.5) is 0 Å². The normalized spacial score (nSPS) is 32.5. The molecule has 0 bridgehead atoms. The van der Waals surface area contributed by atoms with Gasteiger partial charge in [-0.1, -0.05) is 0 Å². The number of nitrogens with zero attached hydrogens (tertiary/aromatic N) is 2. The van der Waals surface area contributed by atoms with Crippen LogP contribution in [0.2, 0.25) is 0 Å². The average molecular weight is 211 g/mol. The van der Waals surface area contributed by atoms with Crippen LogP contribution in [0.25, 0.3) is 0 Å². The van der Waals surface area contributed by atoms with E-state index in [9.17, 15) is 4.79 Å². The SMILES string of the molecule is CN1CCC(C(=O)N2CCC(CN)C2)C1. The molecule has 0 aromatic carbocycles. The van der Waals surface area contributed by atoms with E-state index >= 15 is 0 Å². The lowest BCUT2D eigenvalue weighted by Gasteiger charge is -2.20. The number of hydrogen-bond donors (Lipinski definition) is 1. The first-order chi connectivity index (χ1) is 7.20. The summed E-state index contributed by atoms with van der Waals surface area (Å²) in [6, 6.07) is 0. The van der Waals surface area contributed by atoms with Gasteiger partial charge < -0.3 is 15.5 Å². The molecule has 4 nitrogen and oxygen atoms in total. The molecule has 0 aromatic heterocycles. The molecule has 2 unspecified atom stereocenters. The monoisotopic (exact) mass is 211 g/mol. The summed E-state index contributed by atoms with van der Waals surface area (Å²) >= 11 is 0. The Bertz CT molecular complexity index is 244. The van der Waals surface area contributed by atoms with Crippen LogP contribution in [0.15, 0.2) is 0 Å². The highest BCUT2D eigenvalue weighted by Gasteiger charge is 2.33. The Balaban J connectivity index is 1.86. The largest absolute Gasteiger partial charge is 0.342 e. The number of carbonyl (C=O) groups is 1. The summed E-state index contributed by atoms with van der Waals surface area (Å²) in [5, 5.41) is 0. The minimum atomic E-state index is 0.242. The van der Waals surface area contributed by atoms with Gasteiger partial charge in [0.15, 0.2) is 0 Å². The summed E-state index contributed by atoms with van der Waals surface area (Å²) in [5.41, 5.74) is 5.63. The van der Waals surface area contributed by atoms with Crippen molar-refractivity contribution in [2.24, 2.45) is 17.6 Å². The molecule has 2 aliphatic rings. The predicted octanol–water partition coefficient (Wildman–Crippen LogP) is -0.255. The molecule has 1 amide bonds. The Kier molecular flexibility index (Phi) is 3.26. The van der Waals surface area contributed by atoms with Gasteiger partial charge in [0.05, 0.1) is 5.92 Å². The zero-order chi connectivity index (χ0) is 10.8. The van der Waals surface area contributed by atoms with Crippen LogP contribution in [-0.2, 0) is 4.79 Å². The highest BCUT2D eigenvalue weighted by Crippen LogP contribution is 2.22. The first-order valence-corrected chi connectivity index (χ1v) is 5.88. The molecule has 2 aliphatic heterocycles. The summed E-state index contributed by atoms with van der Waals surface area (Å²) < 4.78 is 0. The van der Waals surface area contributed by atoms with E-state index in [2.05, 4.69) is 11.9 Å². The van der Waals surface area contributed by atoms with E-state index in [1.54, 1.807) is 0 Å². The molecule has 0 spiro atoms.